The van der Waals surface area contributed by atoms with Crippen molar-refractivity contribution in [2.24, 2.45) is 0 Å². The third kappa shape index (κ3) is 5.12. The highest BCUT2D eigenvalue weighted by molar-refractivity contribution is 5.98. The summed E-state index contributed by atoms with van der Waals surface area (Å²) in [4.78, 5) is 22.8. The highest BCUT2D eigenvalue weighted by Gasteiger charge is 2.24. The molecule has 0 fully saturated rings. The summed E-state index contributed by atoms with van der Waals surface area (Å²) in [5, 5.41) is 17.3. The van der Waals surface area contributed by atoms with Crippen LogP contribution in [0.15, 0.2) is 54.6 Å². The molecule has 6 heteroatoms. The molecule has 0 saturated heterocycles. The van der Waals surface area contributed by atoms with Crippen molar-refractivity contribution in [1.29, 1.82) is 0 Å². The van der Waals surface area contributed by atoms with Crippen molar-refractivity contribution < 1.29 is 9.72 Å². The fourth-order valence-electron chi connectivity index (χ4n) is 2.68. The second kappa shape index (κ2) is 7.90. The highest BCUT2D eigenvalue weighted by atomic mass is 16.6. The van der Waals surface area contributed by atoms with Crippen LogP contribution >= 0.6 is 0 Å². The Morgan fingerprint density at radius 1 is 1.12 bits per heavy atom. The highest BCUT2D eigenvalue weighted by Crippen LogP contribution is 2.18. The number of hydrogen-bond acceptors (Lipinski definition) is 4. The Morgan fingerprint density at radius 3 is 2.36 bits per heavy atom. The fourth-order valence-corrected chi connectivity index (χ4v) is 2.68. The lowest BCUT2D eigenvalue weighted by Gasteiger charge is -2.30. The predicted molar refractivity (Wildman–Crippen MR) is 97.5 cm³/mol. The van der Waals surface area contributed by atoms with E-state index in [0.717, 1.165) is 5.56 Å². The minimum atomic E-state index is -0.546. The first-order chi connectivity index (χ1) is 11.8. The normalized spacial score (nSPS) is 12.4. The molecule has 0 heterocycles. The topological polar surface area (TPSA) is 84.3 Å². The lowest BCUT2D eigenvalue weighted by molar-refractivity contribution is -0.385. The molecule has 1 amide bonds. The van der Waals surface area contributed by atoms with Gasteiger partial charge in [-0.15, -0.1) is 0 Å². The third-order valence-electron chi connectivity index (χ3n) is 3.94. The van der Waals surface area contributed by atoms with Crippen LogP contribution in [0.3, 0.4) is 0 Å². The molecule has 0 saturated carbocycles. The number of para-hydroxylation sites is 1. The zero-order valence-corrected chi connectivity index (χ0v) is 14.7. The van der Waals surface area contributed by atoms with Gasteiger partial charge >= 0.3 is 0 Å². The van der Waals surface area contributed by atoms with Crippen molar-refractivity contribution in [3.63, 3.8) is 0 Å². The largest absolute Gasteiger partial charge is 0.350 e. The molecule has 132 valence electrons. The van der Waals surface area contributed by atoms with Gasteiger partial charge in [-0.1, -0.05) is 42.5 Å². The van der Waals surface area contributed by atoms with Crippen LogP contribution < -0.4 is 10.6 Å². The summed E-state index contributed by atoms with van der Waals surface area (Å²) in [6.07, 6.45) is 0. The monoisotopic (exact) mass is 341 g/mol. The van der Waals surface area contributed by atoms with Crippen LogP contribution in [0.25, 0.3) is 0 Å². The lowest BCUT2D eigenvalue weighted by Crippen LogP contribution is -2.49. The van der Waals surface area contributed by atoms with Crippen LogP contribution in [0.5, 0.6) is 0 Å². The first-order valence-corrected chi connectivity index (χ1v) is 8.14. The average Bonchev–Trinajstić information content (AvgIpc) is 2.60. The van der Waals surface area contributed by atoms with Gasteiger partial charge in [0.25, 0.3) is 11.6 Å². The van der Waals surface area contributed by atoms with Gasteiger partial charge in [-0.25, -0.2) is 0 Å². The van der Waals surface area contributed by atoms with Gasteiger partial charge < -0.3 is 10.6 Å². The lowest BCUT2D eigenvalue weighted by atomic mass is 10.0. The number of amides is 1. The molecule has 2 aromatic rings. The van der Waals surface area contributed by atoms with Gasteiger partial charge in [-0.05, 0) is 32.4 Å². The molecular weight excluding hydrogens is 318 g/mol. The van der Waals surface area contributed by atoms with Gasteiger partial charge in [0.2, 0.25) is 0 Å². The Bertz CT molecular complexity index is 745. The molecule has 0 spiro atoms. The van der Waals surface area contributed by atoms with E-state index in [2.05, 4.69) is 17.6 Å². The Balaban J connectivity index is 2.00. The van der Waals surface area contributed by atoms with E-state index in [1.807, 2.05) is 44.2 Å². The summed E-state index contributed by atoms with van der Waals surface area (Å²) in [5.41, 5.74) is 0.650. The molecule has 0 aliphatic rings. The second-order valence-corrected chi connectivity index (χ2v) is 6.62. The Hall–Kier alpha value is -2.73. The number of carbonyl (C=O) groups is 1. The van der Waals surface area contributed by atoms with Crippen molar-refractivity contribution >= 4 is 11.6 Å². The first-order valence-electron chi connectivity index (χ1n) is 8.14. The summed E-state index contributed by atoms with van der Waals surface area (Å²) in [7, 11) is 0. The van der Waals surface area contributed by atoms with Crippen molar-refractivity contribution in [2.75, 3.05) is 6.54 Å². The van der Waals surface area contributed by atoms with Crippen LogP contribution in [-0.4, -0.2) is 22.9 Å². The van der Waals surface area contributed by atoms with E-state index in [9.17, 15) is 14.9 Å². The molecule has 0 aromatic heterocycles. The zero-order valence-electron chi connectivity index (χ0n) is 14.7. The van der Waals surface area contributed by atoms with E-state index in [1.54, 1.807) is 12.1 Å². The molecule has 1 unspecified atom stereocenters. The molecule has 0 bridgehead atoms. The van der Waals surface area contributed by atoms with Crippen molar-refractivity contribution in [1.82, 2.24) is 10.6 Å². The molecule has 6 nitrogen and oxygen atoms in total. The summed E-state index contributed by atoms with van der Waals surface area (Å²) < 4.78 is 0. The summed E-state index contributed by atoms with van der Waals surface area (Å²) in [5.74, 6) is -0.450. The maximum absolute atomic E-state index is 12.3. The second-order valence-electron chi connectivity index (χ2n) is 6.62. The summed E-state index contributed by atoms with van der Waals surface area (Å²) in [6, 6.07) is 16.1. The Labute approximate surface area is 147 Å². The van der Waals surface area contributed by atoms with Gasteiger partial charge in [-0.2, -0.15) is 0 Å². The minimum absolute atomic E-state index is 0.0689. The number of hydrogen-bond donors (Lipinski definition) is 2. The number of benzene rings is 2. The molecule has 2 rings (SSSR count). The van der Waals surface area contributed by atoms with E-state index in [1.165, 1.54) is 12.1 Å². The van der Waals surface area contributed by atoms with E-state index < -0.39 is 10.8 Å². The molecule has 0 radical (unpaired) electrons. The number of rotatable bonds is 7. The molecule has 1 atom stereocenters. The van der Waals surface area contributed by atoms with Gasteiger partial charge in [0, 0.05) is 24.2 Å². The molecule has 2 aromatic carbocycles. The maximum atomic E-state index is 12.3. The van der Waals surface area contributed by atoms with E-state index in [4.69, 9.17) is 0 Å². The first kappa shape index (κ1) is 18.6. The van der Waals surface area contributed by atoms with Crippen LogP contribution in [0.2, 0.25) is 0 Å². The SMILES string of the molecule is CC(NC(C)(C)CNC(=O)c1ccccc1[N+](=O)[O-])c1ccccc1. The van der Waals surface area contributed by atoms with Gasteiger partial charge in [0.05, 0.1) is 4.92 Å². The molecule has 25 heavy (non-hydrogen) atoms. The number of nitro groups is 1. The average molecular weight is 341 g/mol. The van der Waals surface area contributed by atoms with Gasteiger partial charge in [0.1, 0.15) is 5.56 Å². The number of nitrogens with one attached hydrogen (secondary N) is 2. The quantitative estimate of drug-likeness (QED) is 0.597. The summed E-state index contributed by atoms with van der Waals surface area (Å²) >= 11 is 0. The Morgan fingerprint density at radius 2 is 1.72 bits per heavy atom. The Kier molecular flexibility index (Phi) is 5.88. The predicted octanol–water partition coefficient (Wildman–Crippen LogP) is 3.45. The van der Waals surface area contributed by atoms with Crippen LogP contribution in [0, 0.1) is 10.1 Å². The van der Waals surface area contributed by atoms with Crippen molar-refractivity contribution in [3.8, 4) is 0 Å². The molecule has 0 aliphatic carbocycles. The molecule has 2 N–H and O–H groups in total. The van der Waals surface area contributed by atoms with Crippen molar-refractivity contribution in [3.05, 3.63) is 75.8 Å². The smallest absolute Gasteiger partial charge is 0.282 e. The van der Waals surface area contributed by atoms with Gasteiger partial charge in [-0.3, -0.25) is 14.9 Å². The standard InChI is InChI=1S/C19H23N3O3/c1-14(15-9-5-4-6-10-15)21-19(2,3)13-20-18(23)16-11-7-8-12-17(16)22(24)25/h4-12,14,21H,13H2,1-3H3,(H,20,23). The number of carbonyl (C=O) groups excluding carboxylic acids is 1. The van der Waals surface area contributed by atoms with E-state index >= 15 is 0 Å². The third-order valence-corrected chi connectivity index (χ3v) is 3.94. The van der Waals surface area contributed by atoms with E-state index in [0.29, 0.717) is 6.54 Å². The number of nitrogens with zero attached hydrogens (tertiary/aromatic N) is 1. The molecule has 0 aliphatic heterocycles. The van der Waals surface area contributed by atoms with Crippen molar-refractivity contribution in [2.45, 2.75) is 32.4 Å². The van der Waals surface area contributed by atoms with Crippen LogP contribution in [-0.2, 0) is 0 Å². The maximum Gasteiger partial charge on any atom is 0.282 e. The van der Waals surface area contributed by atoms with Crippen LogP contribution in [0.1, 0.15) is 42.7 Å². The van der Waals surface area contributed by atoms with E-state index in [-0.39, 0.29) is 22.8 Å². The van der Waals surface area contributed by atoms with Gasteiger partial charge in [0.15, 0.2) is 0 Å². The number of nitro benzene ring substituents is 1. The zero-order chi connectivity index (χ0) is 18.4. The fraction of sp³-hybridized carbons (Fsp3) is 0.316. The van der Waals surface area contributed by atoms with Crippen LogP contribution in [0.4, 0.5) is 5.69 Å². The minimum Gasteiger partial charge on any atom is -0.350 e. The summed E-state index contributed by atoms with van der Waals surface area (Å²) in [6.45, 7) is 6.36. The molecular formula is C19H23N3O3.